The van der Waals surface area contributed by atoms with Crippen LogP contribution in [-0.2, 0) is 16.0 Å². The molecule has 4 nitrogen and oxygen atoms in total. The first-order valence-electron chi connectivity index (χ1n) is 9.70. The maximum Gasteiger partial charge on any atom is 0.229 e. The maximum absolute atomic E-state index is 12.8. The lowest BCUT2D eigenvalue weighted by atomic mass is 9.94. The van der Waals surface area contributed by atoms with Crippen molar-refractivity contribution in [3.8, 4) is 0 Å². The molecule has 0 saturated carbocycles. The zero-order chi connectivity index (χ0) is 19.2. The molecule has 2 amide bonds. The van der Waals surface area contributed by atoms with Crippen LogP contribution in [-0.4, -0.2) is 36.9 Å². The van der Waals surface area contributed by atoms with Crippen molar-refractivity contribution in [1.82, 2.24) is 4.90 Å². The molecule has 2 aromatic rings. The van der Waals surface area contributed by atoms with Gasteiger partial charge in [0.05, 0.1) is 0 Å². The molecule has 1 fully saturated rings. The Bertz CT molecular complexity index is 763. The lowest BCUT2D eigenvalue weighted by Gasteiger charge is -2.33. The number of hydrogen-bond donors (Lipinski definition) is 0. The first-order valence-corrected chi connectivity index (χ1v) is 9.70. The normalized spacial score (nSPS) is 14.8. The van der Waals surface area contributed by atoms with Crippen molar-refractivity contribution in [1.29, 1.82) is 0 Å². The van der Waals surface area contributed by atoms with Gasteiger partial charge in [-0.2, -0.15) is 0 Å². The molecule has 0 spiro atoms. The third-order valence-corrected chi connectivity index (χ3v) is 5.42. The van der Waals surface area contributed by atoms with Gasteiger partial charge < -0.3 is 9.80 Å². The minimum absolute atomic E-state index is 0.00511. The van der Waals surface area contributed by atoms with Gasteiger partial charge >= 0.3 is 0 Å². The summed E-state index contributed by atoms with van der Waals surface area (Å²) in [7, 11) is 1.84. The van der Waals surface area contributed by atoms with Crippen molar-refractivity contribution in [2.45, 2.75) is 32.6 Å². The summed E-state index contributed by atoms with van der Waals surface area (Å²) >= 11 is 0. The van der Waals surface area contributed by atoms with E-state index in [0.29, 0.717) is 19.5 Å². The van der Waals surface area contributed by atoms with Crippen molar-refractivity contribution in [2.24, 2.45) is 5.92 Å². The van der Waals surface area contributed by atoms with Crippen LogP contribution in [0.5, 0.6) is 0 Å². The molecule has 4 heteroatoms. The van der Waals surface area contributed by atoms with Crippen LogP contribution in [0.15, 0.2) is 54.6 Å². The van der Waals surface area contributed by atoms with E-state index in [-0.39, 0.29) is 17.7 Å². The van der Waals surface area contributed by atoms with E-state index >= 15 is 0 Å². The summed E-state index contributed by atoms with van der Waals surface area (Å²) in [5.74, 6) is 0.335. The highest BCUT2D eigenvalue weighted by Crippen LogP contribution is 2.23. The molecule has 0 unspecified atom stereocenters. The SMILES string of the molecule is Cc1ccc(N(C)C(=O)C2CCN(C(=O)CCc3ccccc3)CC2)cc1. The molecule has 27 heavy (non-hydrogen) atoms. The van der Waals surface area contributed by atoms with E-state index in [4.69, 9.17) is 0 Å². The first-order chi connectivity index (χ1) is 13.0. The number of amides is 2. The van der Waals surface area contributed by atoms with Crippen LogP contribution in [0.4, 0.5) is 5.69 Å². The Balaban J connectivity index is 1.48. The van der Waals surface area contributed by atoms with E-state index in [1.165, 1.54) is 11.1 Å². The molecule has 0 aliphatic carbocycles. The molecule has 1 saturated heterocycles. The van der Waals surface area contributed by atoms with Gasteiger partial charge in [-0.15, -0.1) is 0 Å². The van der Waals surface area contributed by atoms with Gasteiger partial charge in [0.25, 0.3) is 0 Å². The third kappa shape index (κ3) is 4.97. The lowest BCUT2D eigenvalue weighted by molar-refractivity contribution is -0.134. The summed E-state index contributed by atoms with van der Waals surface area (Å²) in [5.41, 5.74) is 3.30. The number of carbonyl (C=O) groups excluding carboxylic acids is 2. The van der Waals surface area contributed by atoms with Crippen LogP contribution < -0.4 is 4.90 Å². The zero-order valence-corrected chi connectivity index (χ0v) is 16.2. The van der Waals surface area contributed by atoms with Gasteiger partial charge in [-0.1, -0.05) is 48.0 Å². The summed E-state index contributed by atoms with van der Waals surface area (Å²) in [5, 5.41) is 0. The van der Waals surface area contributed by atoms with Crippen molar-refractivity contribution in [3.63, 3.8) is 0 Å². The topological polar surface area (TPSA) is 40.6 Å². The fourth-order valence-electron chi connectivity index (χ4n) is 3.60. The second kappa shape index (κ2) is 8.85. The minimum Gasteiger partial charge on any atom is -0.343 e. The number of benzene rings is 2. The molecule has 0 aromatic heterocycles. The second-order valence-electron chi connectivity index (χ2n) is 7.37. The summed E-state index contributed by atoms with van der Waals surface area (Å²) in [6.07, 6.45) is 2.79. The quantitative estimate of drug-likeness (QED) is 0.809. The Kier molecular flexibility index (Phi) is 6.28. The van der Waals surface area contributed by atoms with Gasteiger partial charge in [-0.25, -0.2) is 0 Å². The average molecular weight is 364 g/mol. The number of rotatable bonds is 5. The molecular formula is C23H28N2O2. The number of aryl methyl sites for hydroxylation is 2. The van der Waals surface area contributed by atoms with Crippen LogP contribution in [0.3, 0.4) is 0 Å². The van der Waals surface area contributed by atoms with Crippen molar-refractivity contribution in [3.05, 3.63) is 65.7 Å². The zero-order valence-electron chi connectivity index (χ0n) is 16.2. The number of nitrogens with zero attached hydrogens (tertiary/aromatic N) is 2. The van der Waals surface area contributed by atoms with E-state index in [1.807, 2.05) is 61.3 Å². The number of carbonyl (C=O) groups is 2. The molecule has 1 aliphatic rings. The molecule has 3 rings (SSSR count). The molecule has 142 valence electrons. The van der Waals surface area contributed by atoms with E-state index < -0.39 is 0 Å². The molecule has 1 heterocycles. The molecule has 1 aliphatic heterocycles. The molecule has 0 N–H and O–H groups in total. The maximum atomic E-state index is 12.8. The average Bonchev–Trinajstić information content (AvgIpc) is 2.72. The van der Waals surface area contributed by atoms with Crippen LogP contribution in [0.2, 0.25) is 0 Å². The predicted molar refractivity (Wildman–Crippen MR) is 109 cm³/mol. The Morgan fingerprint density at radius 3 is 2.26 bits per heavy atom. The highest BCUT2D eigenvalue weighted by Gasteiger charge is 2.29. The number of piperidine rings is 1. The molecule has 2 aromatic carbocycles. The molecule has 0 atom stereocenters. The minimum atomic E-state index is -0.00511. The van der Waals surface area contributed by atoms with Gasteiger partial charge in [0.15, 0.2) is 0 Å². The van der Waals surface area contributed by atoms with Crippen molar-refractivity contribution < 1.29 is 9.59 Å². The Hall–Kier alpha value is -2.62. The largest absolute Gasteiger partial charge is 0.343 e. The highest BCUT2D eigenvalue weighted by atomic mass is 16.2. The smallest absolute Gasteiger partial charge is 0.229 e. The third-order valence-electron chi connectivity index (χ3n) is 5.42. The van der Waals surface area contributed by atoms with E-state index in [9.17, 15) is 9.59 Å². The van der Waals surface area contributed by atoms with Gasteiger partial charge in [0.1, 0.15) is 0 Å². The molecular weight excluding hydrogens is 336 g/mol. The summed E-state index contributed by atoms with van der Waals surface area (Å²) in [4.78, 5) is 28.9. The molecule has 0 radical (unpaired) electrons. The van der Waals surface area contributed by atoms with Crippen molar-refractivity contribution in [2.75, 3.05) is 25.0 Å². The highest BCUT2D eigenvalue weighted by molar-refractivity contribution is 5.94. The van der Waals surface area contributed by atoms with Crippen molar-refractivity contribution >= 4 is 17.5 Å². The second-order valence-corrected chi connectivity index (χ2v) is 7.37. The lowest BCUT2D eigenvalue weighted by Crippen LogP contribution is -2.43. The van der Waals surface area contributed by atoms with Gasteiger partial charge in [-0.3, -0.25) is 9.59 Å². The van der Waals surface area contributed by atoms with Crippen LogP contribution in [0.25, 0.3) is 0 Å². The number of likely N-dealkylation sites (tertiary alicyclic amines) is 1. The Morgan fingerprint density at radius 1 is 1.00 bits per heavy atom. The molecule has 0 bridgehead atoms. The fourth-order valence-corrected chi connectivity index (χ4v) is 3.60. The summed E-state index contributed by atoms with van der Waals surface area (Å²) in [6, 6.07) is 18.1. The summed E-state index contributed by atoms with van der Waals surface area (Å²) < 4.78 is 0. The van der Waals surface area contributed by atoms with E-state index in [0.717, 1.165) is 24.9 Å². The van der Waals surface area contributed by atoms with Gasteiger partial charge in [-0.05, 0) is 43.9 Å². The van der Waals surface area contributed by atoms with E-state index in [2.05, 4.69) is 12.1 Å². The van der Waals surface area contributed by atoms with Crippen LogP contribution in [0, 0.1) is 12.8 Å². The number of hydrogen-bond acceptors (Lipinski definition) is 2. The Labute approximate surface area is 161 Å². The predicted octanol–water partition coefficient (Wildman–Crippen LogP) is 3.83. The van der Waals surface area contributed by atoms with E-state index in [1.54, 1.807) is 4.90 Å². The fraction of sp³-hybridized carbons (Fsp3) is 0.391. The van der Waals surface area contributed by atoms with Gasteiger partial charge in [0, 0.05) is 38.2 Å². The monoisotopic (exact) mass is 364 g/mol. The summed E-state index contributed by atoms with van der Waals surface area (Å²) in [6.45, 7) is 3.38. The Morgan fingerprint density at radius 2 is 1.63 bits per heavy atom. The van der Waals surface area contributed by atoms with Crippen LogP contribution in [0.1, 0.15) is 30.4 Å². The number of anilines is 1. The van der Waals surface area contributed by atoms with Gasteiger partial charge in [0.2, 0.25) is 11.8 Å². The first kappa shape index (κ1) is 19.2. The van der Waals surface area contributed by atoms with Crippen LogP contribution >= 0.6 is 0 Å². The standard InChI is InChI=1S/C23H28N2O2/c1-18-8-11-21(12-9-18)24(2)23(27)20-14-16-25(17-15-20)22(26)13-10-19-6-4-3-5-7-19/h3-9,11-12,20H,10,13-17H2,1-2H3.